The van der Waals surface area contributed by atoms with Gasteiger partial charge < -0.3 is 14.6 Å². The van der Waals surface area contributed by atoms with Crippen LogP contribution in [0.2, 0.25) is 0 Å². The number of nitrogens with zero attached hydrogens (tertiary/aromatic N) is 6. The zero-order valence-corrected chi connectivity index (χ0v) is 17.5. The second-order valence-electron chi connectivity index (χ2n) is 7.74. The Bertz CT molecular complexity index is 991. The van der Waals surface area contributed by atoms with E-state index in [-0.39, 0.29) is 18.4 Å². The zero-order valence-electron chi connectivity index (χ0n) is 16.7. The smallest absolute Gasteiger partial charge is 0.178 e. The first-order chi connectivity index (χ1) is 13.7. The van der Waals surface area contributed by atoms with Gasteiger partial charge in [-0.15, -0.1) is 12.4 Å². The lowest BCUT2D eigenvalue weighted by atomic mass is 9.93. The average molecular weight is 416 g/mol. The fraction of sp³-hybridized carbons (Fsp3) is 0.500. The van der Waals surface area contributed by atoms with Gasteiger partial charge in [0, 0.05) is 36.1 Å². The summed E-state index contributed by atoms with van der Waals surface area (Å²) in [7, 11) is 0. The van der Waals surface area contributed by atoms with E-state index in [9.17, 15) is 0 Å². The molecule has 154 valence electrons. The molecular formula is C20H26ClN7O. The second kappa shape index (κ2) is 8.12. The minimum atomic E-state index is 0. The molecule has 5 rings (SSSR count). The van der Waals surface area contributed by atoms with Crippen molar-refractivity contribution in [3.63, 3.8) is 0 Å². The van der Waals surface area contributed by atoms with Crippen molar-refractivity contribution in [3.8, 4) is 28.7 Å². The van der Waals surface area contributed by atoms with Gasteiger partial charge in [-0.25, -0.2) is 14.6 Å². The van der Waals surface area contributed by atoms with E-state index in [0.29, 0.717) is 12.5 Å². The normalized spacial score (nSPS) is 16.5. The maximum atomic E-state index is 6.06. The summed E-state index contributed by atoms with van der Waals surface area (Å²) in [6.45, 7) is 7.64. The molecule has 1 saturated heterocycles. The molecule has 1 fully saturated rings. The highest BCUT2D eigenvalue weighted by Crippen LogP contribution is 2.36. The number of rotatable bonds is 3. The third-order valence-electron chi connectivity index (χ3n) is 5.54. The first kappa shape index (κ1) is 19.8. The molecule has 0 aromatic carbocycles. The van der Waals surface area contributed by atoms with Crippen molar-refractivity contribution in [2.75, 3.05) is 19.7 Å². The van der Waals surface area contributed by atoms with Crippen molar-refractivity contribution in [2.45, 2.75) is 45.2 Å². The van der Waals surface area contributed by atoms with Crippen molar-refractivity contribution in [3.05, 3.63) is 30.5 Å². The Kier molecular flexibility index (Phi) is 5.56. The Morgan fingerprint density at radius 1 is 1.17 bits per heavy atom. The van der Waals surface area contributed by atoms with Crippen LogP contribution in [0.5, 0.6) is 5.75 Å². The molecule has 0 radical (unpaired) electrons. The topological polar surface area (TPSA) is 82.7 Å². The van der Waals surface area contributed by atoms with Crippen LogP contribution in [0.15, 0.2) is 24.8 Å². The van der Waals surface area contributed by atoms with Gasteiger partial charge in [-0.1, -0.05) is 0 Å². The van der Waals surface area contributed by atoms with Crippen LogP contribution in [0.3, 0.4) is 0 Å². The van der Waals surface area contributed by atoms with Gasteiger partial charge >= 0.3 is 0 Å². The lowest BCUT2D eigenvalue weighted by molar-refractivity contribution is 0.305. The minimum Gasteiger partial charge on any atom is -0.491 e. The number of imidazole rings is 1. The van der Waals surface area contributed by atoms with Gasteiger partial charge in [0.05, 0.1) is 12.1 Å². The molecule has 9 heteroatoms. The van der Waals surface area contributed by atoms with Crippen LogP contribution in [-0.2, 0) is 6.54 Å². The molecule has 3 aromatic rings. The molecule has 2 aliphatic heterocycles. The molecule has 0 saturated carbocycles. The van der Waals surface area contributed by atoms with E-state index in [1.807, 2.05) is 17.1 Å². The van der Waals surface area contributed by atoms with Gasteiger partial charge in [0.25, 0.3) is 0 Å². The highest BCUT2D eigenvalue weighted by molar-refractivity contribution is 5.85. The van der Waals surface area contributed by atoms with Crippen molar-refractivity contribution in [1.82, 2.24) is 34.6 Å². The monoisotopic (exact) mass is 415 g/mol. The molecule has 0 bridgehead atoms. The molecule has 29 heavy (non-hydrogen) atoms. The zero-order chi connectivity index (χ0) is 19.1. The van der Waals surface area contributed by atoms with E-state index < -0.39 is 0 Å². The number of ether oxygens (including phenoxy) is 1. The van der Waals surface area contributed by atoms with Crippen molar-refractivity contribution in [2.24, 2.45) is 0 Å². The summed E-state index contributed by atoms with van der Waals surface area (Å²) in [5.41, 5.74) is 2.90. The van der Waals surface area contributed by atoms with E-state index in [1.165, 1.54) is 0 Å². The number of piperidine rings is 1. The molecule has 8 nitrogen and oxygen atoms in total. The van der Waals surface area contributed by atoms with Crippen LogP contribution >= 0.6 is 12.4 Å². The summed E-state index contributed by atoms with van der Waals surface area (Å²) in [5.74, 6) is 3.05. The van der Waals surface area contributed by atoms with Crippen molar-refractivity contribution >= 4 is 12.4 Å². The number of halogens is 1. The molecule has 0 spiro atoms. The van der Waals surface area contributed by atoms with Gasteiger partial charge in [-0.05, 0) is 39.8 Å². The maximum absolute atomic E-state index is 6.06. The minimum absolute atomic E-state index is 0. The Morgan fingerprint density at radius 3 is 2.79 bits per heavy atom. The Labute approximate surface area is 176 Å². The van der Waals surface area contributed by atoms with Gasteiger partial charge in [-0.2, -0.15) is 5.10 Å². The van der Waals surface area contributed by atoms with Gasteiger partial charge in [0.1, 0.15) is 30.2 Å². The Hall–Kier alpha value is -2.45. The van der Waals surface area contributed by atoms with Gasteiger partial charge in [0.2, 0.25) is 0 Å². The number of aromatic nitrogens is 6. The Balaban J connectivity index is 0.00000205. The van der Waals surface area contributed by atoms with E-state index in [0.717, 1.165) is 66.8 Å². The van der Waals surface area contributed by atoms with Crippen LogP contribution in [0, 0.1) is 0 Å². The quantitative estimate of drug-likeness (QED) is 0.707. The third kappa shape index (κ3) is 3.62. The Morgan fingerprint density at radius 2 is 2.00 bits per heavy atom. The second-order valence-corrected chi connectivity index (χ2v) is 7.74. The van der Waals surface area contributed by atoms with Crippen molar-refractivity contribution < 1.29 is 4.74 Å². The summed E-state index contributed by atoms with van der Waals surface area (Å²) >= 11 is 0. The van der Waals surface area contributed by atoms with E-state index in [2.05, 4.69) is 39.9 Å². The molecule has 2 aliphatic rings. The number of fused-ring (bicyclic) bond motifs is 3. The summed E-state index contributed by atoms with van der Waals surface area (Å²) < 4.78 is 10.1. The number of hydrogen-bond acceptors (Lipinski definition) is 6. The van der Waals surface area contributed by atoms with Crippen LogP contribution in [0.25, 0.3) is 22.9 Å². The molecule has 5 heterocycles. The van der Waals surface area contributed by atoms with Crippen LogP contribution in [0.1, 0.15) is 44.3 Å². The standard InChI is InChI=1S/C20H25N7O.ClH/c1-13(2)27-20(23-12-24-27)17-11-26-7-8-28-18-9-16(14-3-5-21-6-4-14)22-10-15(18)19(26)25-17;/h9-14,21H,3-8H2,1-2H3;1H. The fourth-order valence-electron chi connectivity index (χ4n) is 4.05. The highest BCUT2D eigenvalue weighted by atomic mass is 35.5. The summed E-state index contributed by atoms with van der Waals surface area (Å²) in [4.78, 5) is 14.1. The number of nitrogens with one attached hydrogen (secondary N) is 1. The largest absolute Gasteiger partial charge is 0.491 e. The van der Waals surface area contributed by atoms with Gasteiger partial charge in [-0.3, -0.25) is 4.98 Å². The lowest BCUT2D eigenvalue weighted by Gasteiger charge is -2.22. The summed E-state index contributed by atoms with van der Waals surface area (Å²) in [6, 6.07) is 2.34. The molecule has 0 unspecified atom stereocenters. The third-order valence-corrected chi connectivity index (χ3v) is 5.54. The van der Waals surface area contributed by atoms with E-state index in [4.69, 9.17) is 14.7 Å². The predicted molar refractivity (Wildman–Crippen MR) is 112 cm³/mol. The summed E-state index contributed by atoms with van der Waals surface area (Å²) in [6.07, 6.45) is 7.79. The fourth-order valence-corrected chi connectivity index (χ4v) is 4.05. The molecule has 0 aliphatic carbocycles. The van der Waals surface area contributed by atoms with Crippen LogP contribution in [-0.4, -0.2) is 49.0 Å². The lowest BCUT2D eigenvalue weighted by Crippen LogP contribution is -2.27. The predicted octanol–water partition coefficient (Wildman–Crippen LogP) is 3.07. The van der Waals surface area contributed by atoms with Gasteiger partial charge in [0.15, 0.2) is 5.82 Å². The first-order valence-electron chi connectivity index (χ1n) is 10.0. The maximum Gasteiger partial charge on any atom is 0.178 e. The van der Waals surface area contributed by atoms with E-state index >= 15 is 0 Å². The van der Waals surface area contributed by atoms with Crippen molar-refractivity contribution in [1.29, 1.82) is 0 Å². The van der Waals surface area contributed by atoms with Crippen LogP contribution in [0.4, 0.5) is 0 Å². The molecule has 0 amide bonds. The number of hydrogen-bond donors (Lipinski definition) is 1. The molecule has 0 atom stereocenters. The first-order valence-corrected chi connectivity index (χ1v) is 10.0. The molecular weight excluding hydrogens is 390 g/mol. The SMILES string of the molecule is CC(C)n1ncnc1-c1cn2c(n1)-c1cnc(C3CCNCC3)cc1OCC2.Cl. The van der Waals surface area contributed by atoms with E-state index in [1.54, 1.807) is 6.33 Å². The van der Waals surface area contributed by atoms with Crippen LogP contribution < -0.4 is 10.1 Å². The average Bonchev–Trinajstić information content (AvgIpc) is 3.33. The molecule has 1 N–H and O–H groups in total. The number of pyridine rings is 1. The highest BCUT2D eigenvalue weighted by Gasteiger charge is 2.24. The molecule has 3 aromatic heterocycles. The summed E-state index contributed by atoms with van der Waals surface area (Å²) in [5, 5.41) is 7.75.